The summed E-state index contributed by atoms with van der Waals surface area (Å²) in [6.45, 7) is 3.75. The molecule has 0 bridgehead atoms. The smallest absolute Gasteiger partial charge is 0.404 e. The van der Waals surface area contributed by atoms with Gasteiger partial charge in [0.1, 0.15) is 0 Å². The second-order valence-electron chi connectivity index (χ2n) is 4.34. The van der Waals surface area contributed by atoms with Crippen LogP contribution in [0.25, 0.3) is 11.1 Å². The fourth-order valence-corrected chi connectivity index (χ4v) is 1.94. The largest absolute Gasteiger partial charge is 0.618 e. The summed E-state index contributed by atoms with van der Waals surface area (Å²) in [6, 6.07) is 1.54. The standard InChI is InChI=1S/C13H15N3O3/c1-8-7-16(18)12(13(17)19-4)5-10(8)11-6-14-15(3)9(11)2/h5-7H,1-4H3. The van der Waals surface area contributed by atoms with Crippen LogP contribution in [0.2, 0.25) is 0 Å². The van der Waals surface area contributed by atoms with Crippen LogP contribution in [0, 0.1) is 19.1 Å². The van der Waals surface area contributed by atoms with Gasteiger partial charge in [-0.1, -0.05) is 0 Å². The van der Waals surface area contributed by atoms with E-state index in [-0.39, 0.29) is 5.69 Å². The van der Waals surface area contributed by atoms with E-state index in [1.54, 1.807) is 10.9 Å². The van der Waals surface area contributed by atoms with Crippen molar-refractivity contribution in [1.82, 2.24) is 9.78 Å². The summed E-state index contributed by atoms with van der Waals surface area (Å²) in [5, 5.41) is 15.9. The molecule has 0 atom stereocenters. The van der Waals surface area contributed by atoms with Gasteiger partial charge in [-0.2, -0.15) is 9.83 Å². The average Bonchev–Trinajstić information content (AvgIpc) is 2.70. The first-order valence-electron chi connectivity index (χ1n) is 5.76. The molecule has 0 spiro atoms. The quantitative estimate of drug-likeness (QED) is 0.461. The van der Waals surface area contributed by atoms with Crippen molar-refractivity contribution < 1.29 is 14.3 Å². The van der Waals surface area contributed by atoms with E-state index in [9.17, 15) is 10.0 Å². The van der Waals surface area contributed by atoms with Crippen LogP contribution in [-0.4, -0.2) is 22.9 Å². The Balaban J connectivity index is 2.64. The summed E-state index contributed by atoms with van der Waals surface area (Å²) in [4.78, 5) is 11.6. The zero-order valence-corrected chi connectivity index (χ0v) is 11.3. The first kappa shape index (κ1) is 13.1. The van der Waals surface area contributed by atoms with E-state index in [0.29, 0.717) is 4.73 Å². The van der Waals surface area contributed by atoms with Crippen molar-refractivity contribution in [2.45, 2.75) is 13.8 Å². The lowest BCUT2D eigenvalue weighted by Gasteiger charge is -2.08. The Morgan fingerprint density at radius 1 is 1.42 bits per heavy atom. The Bertz CT molecular complexity index is 647. The molecule has 0 radical (unpaired) electrons. The molecular formula is C13H15N3O3. The Morgan fingerprint density at radius 3 is 2.63 bits per heavy atom. The molecule has 0 amide bonds. The van der Waals surface area contributed by atoms with Crippen LogP contribution in [0.15, 0.2) is 18.5 Å². The van der Waals surface area contributed by atoms with Crippen molar-refractivity contribution in [3.8, 4) is 11.1 Å². The lowest BCUT2D eigenvalue weighted by atomic mass is 10.0. The Morgan fingerprint density at radius 2 is 2.11 bits per heavy atom. The van der Waals surface area contributed by atoms with Crippen molar-refractivity contribution in [2.75, 3.05) is 7.11 Å². The van der Waals surface area contributed by atoms with Crippen molar-refractivity contribution >= 4 is 5.97 Å². The summed E-state index contributed by atoms with van der Waals surface area (Å²) in [7, 11) is 3.09. The van der Waals surface area contributed by atoms with Gasteiger partial charge in [0.2, 0.25) is 0 Å². The zero-order valence-electron chi connectivity index (χ0n) is 11.3. The molecule has 0 aliphatic carbocycles. The highest BCUT2D eigenvalue weighted by Gasteiger charge is 2.21. The van der Waals surface area contributed by atoms with Crippen LogP contribution in [0.5, 0.6) is 0 Å². The van der Waals surface area contributed by atoms with Gasteiger partial charge in [0.15, 0.2) is 6.20 Å². The highest BCUT2D eigenvalue weighted by atomic mass is 16.5. The molecule has 2 aromatic rings. The molecule has 0 aliphatic heterocycles. The number of rotatable bonds is 2. The van der Waals surface area contributed by atoms with E-state index >= 15 is 0 Å². The van der Waals surface area contributed by atoms with E-state index in [0.717, 1.165) is 22.4 Å². The molecule has 0 fully saturated rings. The number of hydrogen-bond acceptors (Lipinski definition) is 4. The number of aryl methyl sites for hydroxylation is 2. The highest BCUT2D eigenvalue weighted by molar-refractivity contribution is 5.87. The van der Waals surface area contributed by atoms with Crippen LogP contribution in [0.1, 0.15) is 21.7 Å². The van der Waals surface area contributed by atoms with Gasteiger partial charge in [-0.05, 0) is 13.8 Å². The average molecular weight is 261 g/mol. The maximum absolute atomic E-state index is 11.7. The Hall–Kier alpha value is -2.37. The molecular weight excluding hydrogens is 246 g/mol. The van der Waals surface area contributed by atoms with Gasteiger partial charge >= 0.3 is 11.7 Å². The number of nitrogens with zero attached hydrogens (tertiary/aromatic N) is 3. The molecule has 0 saturated heterocycles. The number of hydrogen-bond donors (Lipinski definition) is 0. The third-order valence-electron chi connectivity index (χ3n) is 3.17. The molecule has 0 N–H and O–H groups in total. The Labute approximate surface area is 110 Å². The van der Waals surface area contributed by atoms with Crippen molar-refractivity contribution in [3.05, 3.63) is 40.6 Å². The normalized spacial score (nSPS) is 10.5. The van der Waals surface area contributed by atoms with Crippen LogP contribution in [0.4, 0.5) is 0 Å². The fourth-order valence-electron chi connectivity index (χ4n) is 1.94. The molecule has 100 valence electrons. The predicted molar refractivity (Wildman–Crippen MR) is 68.4 cm³/mol. The molecule has 6 nitrogen and oxygen atoms in total. The van der Waals surface area contributed by atoms with Gasteiger partial charge in [0, 0.05) is 35.5 Å². The third kappa shape index (κ3) is 2.16. The molecule has 0 aromatic carbocycles. The zero-order chi connectivity index (χ0) is 14.2. The summed E-state index contributed by atoms with van der Waals surface area (Å²) in [5.74, 6) is -0.655. The lowest BCUT2D eigenvalue weighted by molar-refractivity contribution is -0.608. The fraction of sp³-hybridized carbons (Fsp3) is 0.308. The minimum Gasteiger partial charge on any atom is -0.618 e. The van der Waals surface area contributed by atoms with E-state index in [2.05, 4.69) is 9.84 Å². The van der Waals surface area contributed by atoms with E-state index < -0.39 is 5.97 Å². The summed E-state index contributed by atoms with van der Waals surface area (Å²) in [5.41, 5.74) is 3.40. The molecule has 2 rings (SSSR count). The van der Waals surface area contributed by atoms with Crippen molar-refractivity contribution in [1.29, 1.82) is 0 Å². The van der Waals surface area contributed by atoms with Gasteiger partial charge in [0.25, 0.3) is 0 Å². The van der Waals surface area contributed by atoms with E-state index in [4.69, 9.17) is 0 Å². The number of pyridine rings is 1. The highest BCUT2D eigenvalue weighted by Crippen LogP contribution is 2.25. The van der Waals surface area contributed by atoms with E-state index in [1.165, 1.54) is 19.4 Å². The maximum atomic E-state index is 11.7. The lowest BCUT2D eigenvalue weighted by Crippen LogP contribution is -2.35. The number of carbonyl (C=O) groups is 1. The van der Waals surface area contributed by atoms with E-state index in [1.807, 2.05) is 20.9 Å². The van der Waals surface area contributed by atoms with Crippen LogP contribution < -0.4 is 4.73 Å². The molecule has 2 heterocycles. The number of carbonyl (C=O) groups excluding carboxylic acids is 1. The van der Waals surface area contributed by atoms with Crippen LogP contribution in [0.3, 0.4) is 0 Å². The number of methoxy groups -OCH3 is 1. The second-order valence-corrected chi connectivity index (χ2v) is 4.34. The maximum Gasteiger partial charge on any atom is 0.404 e. The minimum atomic E-state index is -0.655. The first-order chi connectivity index (χ1) is 8.95. The number of esters is 1. The van der Waals surface area contributed by atoms with Crippen LogP contribution in [-0.2, 0) is 11.8 Å². The third-order valence-corrected chi connectivity index (χ3v) is 3.17. The monoisotopic (exact) mass is 261 g/mol. The van der Waals surface area contributed by atoms with Gasteiger partial charge in [-0.25, -0.2) is 4.79 Å². The molecule has 0 aliphatic rings. The molecule has 0 unspecified atom stereocenters. The molecule has 2 aromatic heterocycles. The number of ether oxygens (including phenoxy) is 1. The summed E-state index contributed by atoms with van der Waals surface area (Å²) < 4.78 is 6.87. The molecule has 6 heteroatoms. The van der Waals surface area contributed by atoms with Gasteiger partial charge in [-0.3, -0.25) is 4.68 Å². The summed E-state index contributed by atoms with van der Waals surface area (Å²) in [6.07, 6.45) is 3.09. The minimum absolute atomic E-state index is 0.0358. The number of aromatic nitrogens is 3. The van der Waals surface area contributed by atoms with Gasteiger partial charge < -0.3 is 9.94 Å². The summed E-state index contributed by atoms with van der Waals surface area (Å²) >= 11 is 0. The molecule has 0 saturated carbocycles. The van der Waals surface area contributed by atoms with Gasteiger partial charge in [0.05, 0.1) is 13.3 Å². The predicted octanol–water partition coefficient (Wildman–Crippen LogP) is 1.12. The SMILES string of the molecule is COC(=O)c1cc(-c2cnn(C)c2C)c(C)c[n+]1[O-]. The van der Waals surface area contributed by atoms with Crippen LogP contribution >= 0.6 is 0 Å². The topological polar surface area (TPSA) is 71.1 Å². The van der Waals surface area contributed by atoms with Crippen molar-refractivity contribution in [3.63, 3.8) is 0 Å². The Kier molecular flexibility index (Phi) is 3.25. The molecule has 19 heavy (non-hydrogen) atoms. The van der Waals surface area contributed by atoms with Gasteiger partial charge in [-0.15, -0.1) is 0 Å². The first-order valence-corrected chi connectivity index (χ1v) is 5.76. The van der Waals surface area contributed by atoms with Crippen molar-refractivity contribution in [2.24, 2.45) is 7.05 Å². The second kappa shape index (κ2) is 4.72.